The first-order valence-electron chi connectivity index (χ1n) is 5.98. The van der Waals surface area contributed by atoms with Crippen LogP contribution in [0.2, 0.25) is 5.15 Å². The Kier molecular flexibility index (Phi) is 2.92. The van der Waals surface area contributed by atoms with E-state index in [9.17, 15) is 0 Å². The fourth-order valence-electron chi connectivity index (χ4n) is 2.45. The zero-order valence-electron chi connectivity index (χ0n) is 9.05. The summed E-state index contributed by atoms with van der Waals surface area (Å²) in [5, 5.41) is 0.596. The second kappa shape index (κ2) is 4.26. The van der Waals surface area contributed by atoms with Gasteiger partial charge in [0.2, 0.25) is 0 Å². The van der Waals surface area contributed by atoms with Gasteiger partial charge in [0, 0.05) is 11.8 Å². The van der Waals surface area contributed by atoms with Crippen LogP contribution in [-0.4, -0.2) is 9.97 Å². The third-order valence-electron chi connectivity index (χ3n) is 3.54. The van der Waals surface area contributed by atoms with E-state index in [-0.39, 0.29) is 0 Å². The first-order valence-corrected chi connectivity index (χ1v) is 7.15. The van der Waals surface area contributed by atoms with Crippen LogP contribution < -0.4 is 0 Å². The number of nitrogens with zero attached hydrogens (tertiary/aromatic N) is 2. The highest BCUT2D eigenvalue weighted by molar-refractivity contribution is 9.10. The molecule has 0 N–H and O–H groups in total. The third-order valence-corrected chi connectivity index (χ3v) is 4.82. The van der Waals surface area contributed by atoms with Gasteiger partial charge in [-0.05, 0) is 41.6 Å². The average molecular weight is 302 g/mol. The zero-order valence-corrected chi connectivity index (χ0v) is 11.4. The van der Waals surface area contributed by atoms with Crippen LogP contribution in [0.3, 0.4) is 0 Å². The molecule has 16 heavy (non-hydrogen) atoms. The summed E-state index contributed by atoms with van der Waals surface area (Å²) in [6.45, 7) is 0. The monoisotopic (exact) mass is 300 g/mol. The lowest BCUT2D eigenvalue weighted by Gasteiger charge is -2.11. The number of hydrogen-bond donors (Lipinski definition) is 0. The van der Waals surface area contributed by atoms with Crippen molar-refractivity contribution < 1.29 is 0 Å². The van der Waals surface area contributed by atoms with Gasteiger partial charge in [-0.1, -0.05) is 24.4 Å². The molecule has 1 heterocycles. The summed E-state index contributed by atoms with van der Waals surface area (Å²) in [5.74, 6) is 2.14. The largest absolute Gasteiger partial charge is 0.236 e. The lowest BCUT2D eigenvalue weighted by atomic mass is 10.1. The van der Waals surface area contributed by atoms with Crippen LogP contribution in [0.4, 0.5) is 0 Å². The highest BCUT2D eigenvalue weighted by Crippen LogP contribution is 2.44. The van der Waals surface area contributed by atoms with Gasteiger partial charge in [0.1, 0.15) is 11.0 Å². The van der Waals surface area contributed by atoms with Crippen molar-refractivity contribution in [2.24, 2.45) is 0 Å². The van der Waals surface area contributed by atoms with Crippen LogP contribution in [0.15, 0.2) is 4.47 Å². The van der Waals surface area contributed by atoms with E-state index in [0.29, 0.717) is 17.0 Å². The molecule has 2 aliphatic rings. The molecule has 1 aromatic heterocycles. The summed E-state index contributed by atoms with van der Waals surface area (Å²) in [5.41, 5.74) is 1.14. The predicted molar refractivity (Wildman–Crippen MR) is 67.9 cm³/mol. The van der Waals surface area contributed by atoms with Crippen LogP contribution in [0, 0.1) is 0 Å². The van der Waals surface area contributed by atoms with E-state index in [1.165, 1.54) is 38.5 Å². The molecule has 2 nitrogen and oxygen atoms in total. The molecule has 0 radical (unpaired) electrons. The summed E-state index contributed by atoms with van der Waals surface area (Å²) in [4.78, 5) is 9.17. The van der Waals surface area contributed by atoms with Crippen molar-refractivity contribution in [2.45, 2.75) is 50.4 Å². The van der Waals surface area contributed by atoms with Crippen LogP contribution in [0.5, 0.6) is 0 Å². The fraction of sp³-hybridized carbons (Fsp3) is 0.667. The summed E-state index contributed by atoms with van der Waals surface area (Å²) >= 11 is 9.68. The smallest absolute Gasteiger partial charge is 0.147 e. The zero-order chi connectivity index (χ0) is 11.1. The fourth-order valence-corrected chi connectivity index (χ4v) is 3.13. The Morgan fingerprint density at radius 1 is 1.00 bits per heavy atom. The van der Waals surface area contributed by atoms with Gasteiger partial charge in [0.05, 0.1) is 10.2 Å². The first kappa shape index (κ1) is 11.0. The Morgan fingerprint density at radius 3 is 2.31 bits per heavy atom. The molecule has 4 heteroatoms. The van der Waals surface area contributed by atoms with E-state index in [1.54, 1.807) is 0 Å². The molecule has 0 spiro atoms. The van der Waals surface area contributed by atoms with E-state index >= 15 is 0 Å². The first-order chi connectivity index (χ1) is 7.75. The molecule has 3 rings (SSSR count). The lowest BCUT2D eigenvalue weighted by molar-refractivity contribution is 0.659. The maximum atomic E-state index is 6.17. The van der Waals surface area contributed by atoms with Crippen LogP contribution >= 0.6 is 27.5 Å². The van der Waals surface area contributed by atoms with Crippen molar-refractivity contribution in [1.29, 1.82) is 0 Å². The van der Waals surface area contributed by atoms with Gasteiger partial charge in [0.15, 0.2) is 0 Å². The number of aromatic nitrogens is 2. The van der Waals surface area contributed by atoms with Gasteiger partial charge < -0.3 is 0 Å². The van der Waals surface area contributed by atoms with Crippen LogP contribution in [0.25, 0.3) is 0 Å². The average Bonchev–Trinajstić information content (AvgIpc) is 2.96. The Balaban J connectivity index is 1.98. The predicted octanol–water partition coefficient (Wildman–Crippen LogP) is 4.43. The van der Waals surface area contributed by atoms with Gasteiger partial charge in [-0.15, -0.1) is 0 Å². The molecule has 1 aromatic rings. The van der Waals surface area contributed by atoms with Gasteiger partial charge in [-0.25, -0.2) is 9.97 Å². The molecule has 86 valence electrons. The van der Waals surface area contributed by atoms with E-state index in [0.717, 1.165) is 16.0 Å². The van der Waals surface area contributed by atoms with E-state index in [4.69, 9.17) is 16.6 Å². The summed E-state index contributed by atoms with van der Waals surface area (Å²) in [6.07, 6.45) is 7.55. The standard InChI is InChI=1S/C12H14BrClN2/c13-9-10(7-5-6-7)15-12(16-11(9)14)8-3-1-2-4-8/h7-8H,1-6H2. The molecule has 0 unspecified atom stereocenters. The number of hydrogen-bond acceptors (Lipinski definition) is 2. The Morgan fingerprint density at radius 2 is 1.69 bits per heavy atom. The maximum absolute atomic E-state index is 6.17. The highest BCUT2D eigenvalue weighted by Gasteiger charge is 2.30. The Bertz CT molecular complexity index is 412. The number of halogens is 2. The van der Waals surface area contributed by atoms with Crippen molar-refractivity contribution in [3.05, 3.63) is 21.1 Å². The summed E-state index contributed by atoms with van der Waals surface area (Å²) in [6, 6.07) is 0. The van der Waals surface area contributed by atoms with E-state index in [1.807, 2.05) is 0 Å². The molecule has 0 amide bonds. The Labute approximate surface area is 109 Å². The van der Waals surface area contributed by atoms with Gasteiger partial charge in [-0.2, -0.15) is 0 Å². The molecule has 0 aromatic carbocycles. The van der Waals surface area contributed by atoms with Crippen LogP contribution in [-0.2, 0) is 0 Å². The molecule has 0 saturated heterocycles. The summed E-state index contributed by atoms with van der Waals surface area (Å²) in [7, 11) is 0. The molecular weight excluding hydrogens is 288 g/mol. The van der Waals surface area contributed by atoms with Crippen molar-refractivity contribution >= 4 is 27.5 Å². The minimum Gasteiger partial charge on any atom is -0.236 e. The minimum absolute atomic E-state index is 0.545. The van der Waals surface area contributed by atoms with Crippen molar-refractivity contribution in [3.8, 4) is 0 Å². The number of rotatable bonds is 2. The molecule has 2 aliphatic carbocycles. The van der Waals surface area contributed by atoms with Crippen molar-refractivity contribution in [1.82, 2.24) is 9.97 Å². The summed E-state index contributed by atoms with van der Waals surface area (Å²) < 4.78 is 0.915. The highest BCUT2D eigenvalue weighted by atomic mass is 79.9. The molecular formula is C12H14BrClN2. The normalized spacial score (nSPS) is 21.6. The van der Waals surface area contributed by atoms with Crippen molar-refractivity contribution in [2.75, 3.05) is 0 Å². The topological polar surface area (TPSA) is 25.8 Å². The SMILES string of the molecule is Clc1nc(C2CCCC2)nc(C2CC2)c1Br. The molecule has 2 fully saturated rings. The minimum atomic E-state index is 0.545. The van der Waals surface area contributed by atoms with E-state index < -0.39 is 0 Å². The molecule has 0 aliphatic heterocycles. The van der Waals surface area contributed by atoms with Gasteiger partial charge in [0.25, 0.3) is 0 Å². The van der Waals surface area contributed by atoms with Gasteiger partial charge in [-0.3, -0.25) is 0 Å². The molecule has 0 bridgehead atoms. The lowest BCUT2D eigenvalue weighted by Crippen LogP contribution is -2.04. The van der Waals surface area contributed by atoms with Crippen LogP contribution in [0.1, 0.15) is 61.9 Å². The van der Waals surface area contributed by atoms with E-state index in [2.05, 4.69) is 20.9 Å². The second-order valence-corrected chi connectivity index (χ2v) is 5.98. The third kappa shape index (κ3) is 2.00. The molecule has 0 atom stereocenters. The second-order valence-electron chi connectivity index (χ2n) is 4.83. The Hall–Kier alpha value is -0.150. The quantitative estimate of drug-likeness (QED) is 0.755. The molecule has 2 saturated carbocycles. The van der Waals surface area contributed by atoms with Gasteiger partial charge >= 0.3 is 0 Å². The maximum Gasteiger partial charge on any atom is 0.147 e. The van der Waals surface area contributed by atoms with Crippen molar-refractivity contribution in [3.63, 3.8) is 0 Å².